The molecule has 0 atom stereocenters. The summed E-state index contributed by atoms with van der Waals surface area (Å²) >= 11 is 0. The van der Waals surface area contributed by atoms with E-state index in [1.54, 1.807) is 0 Å². The van der Waals surface area contributed by atoms with E-state index in [1.807, 2.05) is 54.6 Å². The van der Waals surface area contributed by atoms with Gasteiger partial charge in [-0.25, -0.2) is 0 Å². The van der Waals surface area contributed by atoms with Crippen LogP contribution in [0.5, 0.6) is 5.75 Å². The van der Waals surface area contributed by atoms with Gasteiger partial charge in [-0.15, -0.1) is 0 Å². The minimum Gasteiger partial charge on any atom is -0.489 e. The maximum Gasteiger partial charge on any atom is 0.238 e. The zero-order chi connectivity index (χ0) is 18.7. The van der Waals surface area contributed by atoms with Crippen molar-refractivity contribution in [2.75, 3.05) is 51.3 Å². The predicted octanol–water partition coefficient (Wildman–Crippen LogP) is 2.13. The van der Waals surface area contributed by atoms with Gasteiger partial charge < -0.3 is 20.1 Å². The van der Waals surface area contributed by atoms with Crippen LogP contribution in [0.15, 0.2) is 54.6 Å². The molecule has 1 fully saturated rings. The Morgan fingerprint density at radius 2 is 1.78 bits per heavy atom. The van der Waals surface area contributed by atoms with Gasteiger partial charge >= 0.3 is 0 Å². The maximum absolute atomic E-state index is 12.0. The first kappa shape index (κ1) is 19.4. The van der Waals surface area contributed by atoms with Gasteiger partial charge in [0, 0.05) is 31.9 Å². The molecule has 1 aliphatic heterocycles. The highest BCUT2D eigenvalue weighted by Crippen LogP contribution is 2.17. The highest BCUT2D eigenvalue weighted by Gasteiger charge is 2.09. The molecule has 0 spiro atoms. The van der Waals surface area contributed by atoms with Gasteiger partial charge in [-0.05, 0) is 29.8 Å². The summed E-state index contributed by atoms with van der Waals surface area (Å²) in [6.07, 6.45) is 0. The van der Waals surface area contributed by atoms with Crippen LogP contribution >= 0.6 is 0 Å². The molecule has 0 aromatic heterocycles. The number of benzene rings is 2. The number of carbonyl (C=O) groups excluding carboxylic acids is 1. The quantitative estimate of drug-likeness (QED) is 0.663. The highest BCUT2D eigenvalue weighted by atomic mass is 16.5. The van der Waals surface area contributed by atoms with Crippen LogP contribution in [0.2, 0.25) is 0 Å². The number of morpholine rings is 1. The van der Waals surface area contributed by atoms with Gasteiger partial charge in [0.15, 0.2) is 0 Å². The SMILES string of the molecule is O=C(CNCCN1CCOCC1)Nc1ccc(OCc2ccccc2)cc1. The lowest BCUT2D eigenvalue weighted by molar-refractivity contribution is -0.115. The van der Waals surface area contributed by atoms with Gasteiger partial charge in [-0.3, -0.25) is 9.69 Å². The molecule has 0 bridgehead atoms. The summed E-state index contributed by atoms with van der Waals surface area (Å²) in [5.41, 5.74) is 1.89. The summed E-state index contributed by atoms with van der Waals surface area (Å²) in [5, 5.41) is 6.07. The van der Waals surface area contributed by atoms with Crippen LogP contribution in [0.25, 0.3) is 0 Å². The molecule has 0 aliphatic carbocycles. The van der Waals surface area contributed by atoms with Crippen LogP contribution in [0.1, 0.15) is 5.56 Å². The van der Waals surface area contributed by atoms with E-state index in [1.165, 1.54) is 0 Å². The number of amides is 1. The Morgan fingerprint density at radius 3 is 2.52 bits per heavy atom. The van der Waals surface area contributed by atoms with Gasteiger partial charge in [-0.1, -0.05) is 30.3 Å². The first-order valence-corrected chi connectivity index (χ1v) is 9.37. The molecule has 0 unspecified atom stereocenters. The van der Waals surface area contributed by atoms with Crippen LogP contribution in [0, 0.1) is 0 Å². The molecule has 1 saturated heterocycles. The molecule has 3 rings (SSSR count). The van der Waals surface area contributed by atoms with E-state index in [4.69, 9.17) is 9.47 Å². The fraction of sp³-hybridized carbons (Fsp3) is 0.381. The van der Waals surface area contributed by atoms with Crippen molar-refractivity contribution in [2.45, 2.75) is 6.61 Å². The van der Waals surface area contributed by atoms with E-state index in [2.05, 4.69) is 15.5 Å². The van der Waals surface area contributed by atoms with E-state index in [9.17, 15) is 4.79 Å². The second-order valence-corrected chi connectivity index (χ2v) is 6.48. The molecule has 0 radical (unpaired) electrons. The number of anilines is 1. The standard InChI is InChI=1S/C21H27N3O3/c25-21(16-22-10-11-24-12-14-26-15-13-24)23-19-6-8-20(9-7-19)27-17-18-4-2-1-3-5-18/h1-9,22H,10-17H2,(H,23,25). The topological polar surface area (TPSA) is 62.8 Å². The Hall–Kier alpha value is -2.41. The van der Waals surface area contributed by atoms with Crippen molar-refractivity contribution in [3.05, 3.63) is 60.2 Å². The number of rotatable bonds is 9. The minimum absolute atomic E-state index is 0.0464. The predicted molar refractivity (Wildman–Crippen MR) is 106 cm³/mol. The number of ether oxygens (including phenoxy) is 2. The van der Waals surface area contributed by atoms with Crippen molar-refractivity contribution in [2.24, 2.45) is 0 Å². The van der Waals surface area contributed by atoms with E-state index in [0.29, 0.717) is 13.2 Å². The maximum atomic E-state index is 12.0. The van der Waals surface area contributed by atoms with E-state index >= 15 is 0 Å². The molecule has 1 amide bonds. The third kappa shape index (κ3) is 7.02. The summed E-state index contributed by atoms with van der Waals surface area (Å²) in [7, 11) is 0. The minimum atomic E-state index is -0.0464. The van der Waals surface area contributed by atoms with Crippen LogP contribution in [0.4, 0.5) is 5.69 Å². The Bertz CT molecular complexity index is 686. The van der Waals surface area contributed by atoms with Gasteiger partial charge in [0.25, 0.3) is 0 Å². The second kappa shape index (κ2) is 10.7. The van der Waals surface area contributed by atoms with Crippen molar-refractivity contribution >= 4 is 11.6 Å². The van der Waals surface area contributed by atoms with Crippen LogP contribution in [-0.4, -0.2) is 56.7 Å². The molecule has 1 aliphatic rings. The zero-order valence-corrected chi connectivity index (χ0v) is 15.5. The lowest BCUT2D eigenvalue weighted by Crippen LogP contribution is -2.41. The van der Waals surface area contributed by atoms with Crippen LogP contribution < -0.4 is 15.4 Å². The van der Waals surface area contributed by atoms with Crippen molar-refractivity contribution in [1.29, 1.82) is 0 Å². The zero-order valence-electron chi connectivity index (χ0n) is 15.5. The third-order valence-corrected chi connectivity index (χ3v) is 4.38. The lowest BCUT2D eigenvalue weighted by atomic mass is 10.2. The van der Waals surface area contributed by atoms with Crippen LogP contribution in [-0.2, 0) is 16.1 Å². The summed E-state index contributed by atoms with van der Waals surface area (Å²) in [5.74, 6) is 0.732. The monoisotopic (exact) mass is 369 g/mol. The Morgan fingerprint density at radius 1 is 1.04 bits per heavy atom. The van der Waals surface area contributed by atoms with E-state index < -0.39 is 0 Å². The normalized spacial score (nSPS) is 14.7. The van der Waals surface area contributed by atoms with Crippen molar-refractivity contribution in [3.63, 3.8) is 0 Å². The molecule has 0 saturated carbocycles. The molecule has 1 heterocycles. The molecule has 27 heavy (non-hydrogen) atoms. The average molecular weight is 369 g/mol. The molecule has 6 heteroatoms. The molecular weight excluding hydrogens is 342 g/mol. The molecule has 2 aromatic carbocycles. The van der Waals surface area contributed by atoms with Crippen LogP contribution in [0.3, 0.4) is 0 Å². The fourth-order valence-electron chi connectivity index (χ4n) is 2.84. The lowest BCUT2D eigenvalue weighted by Gasteiger charge is -2.26. The molecular formula is C21H27N3O3. The van der Waals surface area contributed by atoms with Crippen molar-refractivity contribution < 1.29 is 14.3 Å². The Kier molecular flexibility index (Phi) is 7.65. The number of nitrogens with one attached hydrogen (secondary N) is 2. The van der Waals surface area contributed by atoms with E-state index in [0.717, 1.165) is 56.4 Å². The second-order valence-electron chi connectivity index (χ2n) is 6.48. The Balaban J connectivity index is 1.33. The first-order valence-electron chi connectivity index (χ1n) is 9.37. The number of nitrogens with zero attached hydrogens (tertiary/aromatic N) is 1. The van der Waals surface area contributed by atoms with E-state index in [-0.39, 0.29) is 5.91 Å². The third-order valence-electron chi connectivity index (χ3n) is 4.38. The number of carbonyl (C=O) groups is 1. The first-order chi connectivity index (χ1) is 13.3. The fourth-order valence-corrected chi connectivity index (χ4v) is 2.84. The smallest absolute Gasteiger partial charge is 0.238 e. The molecule has 6 nitrogen and oxygen atoms in total. The van der Waals surface area contributed by atoms with Gasteiger partial charge in [0.05, 0.1) is 19.8 Å². The summed E-state index contributed by atoms with van der Waals surface area (Å²) in [4.78, 5) is 14.4. The number of hydrogen-bond donors (Lipinski definition) is 2. The van der Waals surface area contributed by atoms with Gasteiger partial charge in [-0.2, -0.15) is 0 Å². The number of hydrogen-bond acceptors (Lipinski definition) is 5. The van der Waals surface area contributed by atoms with Gasteiger partial charge in [0.2, 0.25) is 5.91 Å². The largest absolute Gasteiger partial charge is 0.489 e. The molecule has 2 N–H and O–H groups in total. The Labute approximate surface area is 160 Å². The summed E-state index contributed by atoms with van der Waals surface area (Å²) < 4.78 is 11.1. The molecule has 2 aromatic rings. The van der Waals surface area contributed by atoms with Crippen molar-refractivity contribution in [3.8, 4) is 5.75 Å². The summed E-state index contributed by atoms with van der Waals surface area (Å²) in [6, 6.07) is 17.5. The highest BCUT2D eigenvalue weighted by molar-refractivity contribution is 5.92. The summed E-state index contributed by atoms with van der Waals surface area (Å²) in [6.45, 7) is 6.08. The van der Waals surface area contributed by atoms with Gasteiger partial charge in [0.1, 0.15) is 12.4 Å². The molecule has 144 valence electrons. The van der Waals surface area contributed by atoms with Crippen molar-refractivity contribution in [1.82, 2.24) is 10.2 Å². The average Bonchev–Trinajstić information content (AvgIpc) is 2.72.